The fourth-order valence-electron chi connectivity index (χ4n) is 3.81. The van der Waals surface area contributed by atoms with Crippen molar-refractivity contribution in [1.82, 2.24) is 20.9 Å². The van der Waals surface area contributed by atoms with Gasteiger partial charge >= 0.3 is 0 Å². The maximum atomic E-state index is 12.1. The summed E-state index contributed by atoms with van der Waals surface area (Å²) in [5, 5.41) is 9.71. The highest BCUT2D eigenvalue weighted by atomic mass is 16.1. The SMILES string of the molecule is CCNC(=NCC(=O)NC1CCCCC1)NCCCN1CCC(C)CC1. The van der Waals surface area contributed by atoms with Gasteiger partial charge < -0.3 is 20.9 Å². The zero-order valence-electron chi connectivity index (χ0n) is 16.9. The van der Waals surface area contributed by atoms with E-state index in [4.69, 9.17) is 0 Å². The Bertz CT molecular complexity index is 426. The molecule has 3 N–H and O–H groups in total. The molecule has 0 aromatic carbocycles. The van der Waals surface area contributed by atoms with E-state index in [1.807, 2.05) is 6.92 Å². The van der Waals surface area contributed by atoms with Crippen molar-refractivity contribution in [2.45, 2.75) is 71.3 Å². The molecule has 1 amide bonds. The zero-order chi connectivity index (χ0) is 18.6. The van der Waals surface area contributed by atoms with Crippen molar-refractivity contribution in [3.8, 4) is 0 Å². The van der Waals surface area contributed by atoms with Crippen LogP contribution in [0.4, 0.5) is 0 Å². The molecule has 6 heteroatoms. The Labute approximate surface area is 159 Å². The third kappa shape index (κ3) is 8.39. The number of carbonyl (C=O) groups is 1. The smallest absolute Gasteiger partial charge is 0.242 e. The van der Waals surface area contributed by atoms with Crippen LogP contribution in [0.15, 0.2) is 4.99 Å². The molecule has 1 heterocycles. The van der Waals surface area contributed by atoms with Crippen molar-refractivity contribution < 1.29 is 4.79 Å². The van der Waals surface area contributed by atoms with Crippen molar-refractivity contribution in [3.05, 3.63) is 0 Å². The highest BCUT2D eigenvalue weighted by molar-refractivity contribution is 5.85. The first-order chi connectivity index (χ1) is 12.7. The van der Waals surface area contributed by atoms with Gasteiger partial charge in [-0.2, -0.15) is 0 Å². The second-order valence-corrected chi connectivity index (χ2v) is 7.90. The van der Waals surface area contributed by atoms with Crippen LogP contribution in [0.2, 0.25) is 0 Å². The summed E-state index contributed by atoms with van der Waals surface area (Å²) in [5.74, 6) is 1.67. The molecule has 0 bridgehead atoms. The Kier molecular flexibility index (Phi) is 9.82. The van der Waals surface area contributed by atoms with Crippen LogP contribution in [0, 0.1) is 5.92 Å². The molecule has 0 aromatic rings. The first kappa shape index (κ1) is 21.0. The molecule has 0 unspecified atom stereocenters. The molecular formula is C20H39N5O. The molecule has 6 nitrogen and oxygen atoms in total. The summed E-state index contributed by atoms with van der Waals surface area (Å²) in [6.45, 7) is 9.91. The number of amides is 1. The normalized spacial score (nSPS) is 20.8. The molecule has 0 atom stereocenters. The van der Waals surface area contributed by atoms with Crippen molar-refractivity contribution >= 4 is 11.9 Å². The monoisotopic (exact) mass is 365 g/mol. The van der Waals surface area contributed by atoms with Crippen LogP contribution in [0.5, 0.6) is 0 Å². The molecule has 2 fully saturated rings. The summed E-state index contributed by atoms with van der Waals surface area (Å²) in [7, 11) is 0. The van der Waals surface area contributed by atoms with Gasteiger partial charge in [0.05, 0.1) is 0 Å². The van der Waals surface area contributed by atoms with Crippen LogP contribution < -0.4 is 16.0 Å². The lowest BCUT2D eigenvalue weighted by Crippen LogP contribution is -2.41. The van der Waals surface area contributed by atoms with E-state index >= 15 is 0 Å². The number of piperidine rings is 1. The van der Waals surface area contributed by atoms with Gasteiger partial charge in [0, 0.05) is 19.1 Å². The molecular weight excluding hydrogens is 326 g/mol. The van der Waals surface area contributed by atoms with Gasteiger partial charge in [-0.05, 0) is 64.6 Å². The summed E-state index contributed by atoms with van der Waals surface area (Å²) in [6, 6.07) is 0.356. The van der Waals surface area contributed by atoms with Gasteiger partial charge in [0.15, 0.2) is 5.96 Å². The Morgan fingerprint density at radius 3 is 2.50 bits per heavy atom. The van der Waals surface area contributed by atoms with Crippen LogP contribution >= 0.6 is 0 Å². The van der Waals surface area contributed by atoms with E-state index in [-0.39, 0.29) is 12.5 Å². The lowest BCUT2D eigenvalue weighted by molar-refractivity contribution is -0.120. The standard InChI is InChI=1S/C20H39N5O/c1-3-21-20(22-12-7-13-25-14-10-17(2)11-15-25)23-16-19(26)24-18-8-5-4-6-9-18/h17-18H,3-16H2,1-2H3,(H,24,26)(H2,21,22,23). The number of carbonyl (C=O) groups excluding carboxylic acids is 1. The van der Waals surface area contributed by atoms with Gasteiger partial charge in [-0.25, -0.2) is 4.99 Å². The number of guanidine groups is 1. The molecule has 1 saturated heterocycles. The number of rotatable bonds is 8. The summed E-state index contributed by atoms with van der Waals surface area (Å²) in [6.07, 6.45) is 9.75. The molecule has 1 aliphatic carbocycles. The third-order valence-electron chi connectivity index (χ3n) is 5.52. The number of nitrogens with one attached hydrogen (secondary N) is 3. The Balaban J connectivity index is 1.62. The minimum absolute atomic E-state index is 0.0385. The molecule has 150 valence electrons. The van der Waals surface area contributed by atoms with E-state index in [1.165, 1.54) is 45.2 Å². The molecule has 2 aliphatic rings. The largest absolute Gasteiger partial charge is 0.357 e. The molecule has 2 rings (SSSR count). The van der Waals surface area contributed by atoms with Gasteiger partial charge in [0.25, 0.3) is 0 Å². The van der Waals surface area contributed by atoms with Crippen LogP contribution in [-0.4, -0.2) is 62.1 Å². The average molecular weight is 366 g/mol. The number of likely N-dealkylation sites (tertiary alicyclic amines) is 1. The summed E-state index contributed by atoms with van der Waals surface area (Å²) < 4.78 is 0. The summed E-state index contributed by atoms with van der Waals surface area (Å²) >= 11 is 0. The van der Waals surface area contributed by atoms with E-state index in [0.717, 1.165) is 50.8 Å². The second kappa shape index (κ2) is 12.2. The maximum absolute atomic E-state index is 12.1. The maximum Gasteiger partial charge on any atom is 0.242 e. The molecule has 1 saturated carbocycles. The minimum atomic E-state index is 0.0385. The highest BCUT2D eigenvalue weighted by Crippen LogP contribution is 2.17. The van der Waals surface area contributed by atoms with Crippen molar-refractivity contribution in [1.29, 1.82) is 0 Å². The Morgan fingerprint density at radius 2 is 1.81 bits per heavy atom. The Hall–Kier alpha value is -1.30. The molecule has 0 spiro atoms. The predicted molar refractivity (Wildman–Crippen MR) is 108 cm³/mol. The summed E-state index contributed by atoms with van der Waals surface area (Å²) in [4.78, 5) is 19.1. The van der Waals surface area contributed by atoms with Gasteiger partial charge in [-0.3, -0.25) is 4.79 Å². The zero-order valence-corrected chi connectivity index (χ0v) is 16.9. The first-order valence-corrected chi connectivity index (χ1v) is 10.7. The number of hydrogen-bond acceptors (Lipinski definition) is 3. The van der Waals surface area contributed by atoms with E-state index in [9.17, 15) is 4.79 Å². The molecule has 26 heavy (non-hydrogen) atoms. The van der Waals surface area contributed by atoms with Crippen LogP contribution in [0.25, 0.3) is 0 Å². The van der Waals surface area contributed by atoms with Crippen molar-refractivity contribution in [3.63, 3.8) is 0 Å². The Morgan fingerprint density at radius 1 is 1.08 bits per heavy atom. The number of nitrogens with zero attached hydrogens (tertiary/aromatic N) is 2. The van der Waals surface area contributed by atoms with E-state index < -0.39 is 0 Å². The van der Waals surface area contributed by atoms with Crippen molar-refractivity contribution in [2.24, 2.45) is 10.9 Å². The van der Waals surface area contributed by atoms with Crippen LogP contribution in [-0.2, 0) is 4.79 Å². The van der Waals surface area contributed by atoms with Crippen molar-refractivity contribution in [2.75, 3.05) is 39.3 Å². The van der Waals surface area contributed by atoms with Gasteiger partial charge in [0.2, 0.25) is 5.91 Å². The number of aliphatic imine (C=N–C) groups is 1. The fraction of sp³-hybridized carbons (Fsp3) is 0.900. The quantitative estimate of drug-likeness (QED) is 0.350. The van der Waals surface area contributed by atoms with Gasteiger partial charge in [-0.15, -0.1) is 0 Å². The topological polar surface area (TPSA) is 68.8 Å². The number of hydrogen-bond donors (Lipinski definition) is 3. The first-order valence-electron chi connectivity index (χ1n) is 10.7. The lowest BCUT2D eigenvalue weighted by Gasteiger charge is -2.30. The highest BCUT2D eigenvalue weighted by Gasteiger charge is 2.16. The predicted octanol–water partition coefficient (Wildman–Crippen LogP) is 2.11. The van der Waals surface area contributed by atoms with E-state index in [0.29, 0.717) is 6.04 Å². The van der Waals surface area contributed by atoms with Crippen LogP contribution in [0.1, 0.15) is 65.2 Å². The van der Waals surface area contributed by atoms with Gasteiger partial charge in [0.1, 0.15) is 6.54 Å². The van der Waals surface area contributed by atoms with Crippen LogP contribution in [0.3, 0.4) is 0 Å². The molecule has 0 aromatic heterocycles. The third-order valence-corrected chi connectivity index (χ3v) is 5.52. The fourth-order valence-corrected chi connectivity index (χ4v) is 3.81. The van der Waals surface area contributed by atoms with E-state index in [2.05, 4.69) is 32.8 Å². The second-order valence-electron chi connectivity index (χ2n) is 7.90. The summed E-state index contributed by atoms with van der Waals surface area (Å²) in [5.41, 5.74) is 0. The molecule has 1 aliphatic heterocycles. The van der Waals surface area contributed by atoms with Gasteiger partial charge in [-0.1, -0.05) is 26.2 Å². The van der Waals surface area contributed by atoms with E-state index in [1.54, 1.807) is 0 Å². The lowest BCUT2D eigenvalue weighted by atomic mass is 9.95. The average Bonchev–Trinajstić information content (AvgIpc) is 2.65. The minimum Gasteiger partial charge on any atom is -0.357 e. The molecule has 0 radical (unpaired) electrons.